The maximum absolute atomic E-state index is 13.3. The summed E-state index contributed by atoms with van der Waals surface area (Å²) >= 11 is 1.41. The van der Waals surface area contributed by atoms with E-state index in [-0.39, 0.29) is 24.1 Å². The summed E-state index contributed by atoms with van der Waals surface area (Å²) in [5.74, 6) is 1.08. The number of amides is 2. The Morgan fingerprint density at radius 1 is 0.875 bits per heavy atom. The summed E-state index contributed by atoms with van der Waals surface area (Å²) in [6.07, 6.45) is 0. The van der Waals surface area contributed by atoms with E-state index in [9.17, 15) is 9.59 Å². The zero-order valence-electron chi connectivity index (χ0n) is 17.9. The van der Waals surface area contributed by atoms with E-state index in [1.54, 1.807) is 57.7 Å². The molecule has 8 heteroatoms. The maximum Gasteiger partial charge on any atom is 0.278 e. The van der Waals surface area contributed by atoms with E-state index in [1.165, 1.54) is 16.2 Å². The first-order valence-corrected chi connectivity index (χ1v) is 10.7. The van der Waals surface area contributed by atoms with Gasteiger partial charge in [0.15, 0.2) is 11.5 Å². The predicted molar refractivity (Wildman–Crippen MR) is 123 cm³/mol. The highest BCUT2D eigenvalue weighted by molar-refractivity contribution is 7.11. The molecule has 0 radical (unpaired) electrons. The number of ether oxygens (including phenoxy) is 3. The fourth-order valence-electron chi connectivity index (χ4n) is 3.47. The van der Waals surface area contributed by atoms with Gasteiger partial charge in [-0.05, 0) is 53.4 Å². The topological polar surface area (TPSA) is 77.1 Å². The average Bonchev–Trinajstić information content (AvgIpc) is 3.42. The molecule has 0 bridgehead atoms. The van der Waals surface area contributed by atoms with E-state index >= 15 is 0 Å². The van der Waals surface area contributed by atoms with Crippen molar-refractivity contribution in [2.75, 3.05) is 26.6 Å². The van der Waals surface area contributed by atoms with Crippen molar-refractivity contribution in [2.45, 2.75) is 6.54 Å². The normalized spacial score (nSPS) is 13.5. The molecular weight excluding hydrogens is 428 g/mol. The molecule has 0 fully saturated rings. The van der Waals surface area contributed by atoms with Crippen molar-refractivity contribution in [3.63, 3.8) is 0 Å². The highest BCUT2D eigenvalue weighted by Crippen LogP contribution is 2.35. The van der Waals surface area contributed by atoms with Crippen LogP contribution in [0.4, 0.5) is 5.69 Å². The Balaban J connectivity index is 1.66. The lowest BCUT2D eigenvalue weighted by molar-refractivity contribution is -0.137. The van der Waals surface area contributed by atoms with Crippen molar-refractivity contribution in [3.8, 4) is 17.2 Å². The molecule has 32 heavy (non-hydrogen) atoms. The predicted octanol–water partition coefficient (Wildman–Crippen LogP) is 4.17. The number of hydrogen-bond donors (Lipinski definition) is 1. The molecule has 4 rings (SSSR count). The number of nitrogens with one attached hydrogen (secondary N) is 1. The molecule has 0 saturated carbocycles. The van der Waals surface area contributed by atoms with Gasteiger partial charge >= 0.3 is 0 Å². The minimum atomic E-state index is -0.385. The van der Waals surface area contributed by atoms with Crippen LogP contribution in [0.1, 0.15) is 10.4 Å². The molecule has 3 aromatic rings. The van der Waals surface area contributed by atoms with Gasteiger partial charge in [0, 0.05) is 10.6 Å². The molecule has 2 amide bonds. The van der Waals surface area contributed by atoms with E-state index in [0.29, 0.717) is 28.5 Å². The molecule has 0 spiro atoms. The Kier molecular flexibility index (Phi) is 6.13. The molecule has 2 heterocycles. The van der Waals surface area contributed by atoms with E-state index in [0.717, 1.165) is 10.4 Å². The minimum absolute atomic E-state index is 0.112. The van der Waals surface area contributed by atoms with Gasteiger partial charge in [0.2, 0.25) is 0 Å². The number of imide groups is 1. The molecule has 7 nitrogen and oxygen atoms in total. The molecule has 164 valence electrons. The summed E-state index contributed by atoms with van der Waals surface area (Å²) in [7, 11) is 4.69. The van der Waals surface area contributed by atoms with Crippen molar-refractivity contribution < 1.29 is 23.8 Å². The van der Waals surface area contributed by atoms with E-state index in [1.807, 2.05) is 23.6 Å². The van der Waals surface area contributed by atoms with Gasteiger partial charge in [0.05, 0.1) is 33.4 Å². The third-order valence-corrected chi connectivity index (χ3v) is 5.97. The fraction of sp³-hybridized carbons (Fsp3) is 0.167. The second-order valence-corrected chi connectivity index (χ2v) is 7.91. The second kappa shape index (κ2) is 9.15. The van der Waals surface area contributed by atoms with Crippen molar-refractivity contribution in [1.29, 1.82) is 0 Å². The van der Waals surface area contributed by atoms with Crippen molar-refractivity contribution in [2.24, 2.45) is 0 Å². The number of hydrogen-bond acceptors (Lipinski definition) is 7. The maximum atomic E-state index is 13.3. The third kappa shape index (κ3) is 4.04. The largest absolute Gasteiger partial charge is 0.497 e. The van der Waals surface area contributed by atoms with Crippen LogP contribution in [0.3, 0.4) is 0 Å². The van der Waals surface area contributed by atoms with Gasteiger partial charge < -0.3 is 19.5 Å². The van der Waals surface area contributed by atoms with Crippen LogP contribution in [-0.4, -0.2) is 38.0 Å². The van der Waals surface area contributed by atoms with Crippen LogP contribution < -0.4 is 19.5 Å². The number of carbonyl (C=O) groups excluding carboxylic acids is 2. The molecule has 1 aliphatic rings. The Morgan fingerprint density at radius 2 is 1.62 bits per heavy atom. The summed E-state index contributed by atoms with van der Waals surface area (Å²) in [6.45, 7) is 0.112. The number of anilines is 1. The number of benzene rings is 2. The summed E-state index contributed by atoms with van der Waals surface area (Å²) in [4.78, 5) is 28.6. The number of methoxy groups -OCH3 is 3. The highest BCUT2D eigenvalue weighted by Gasteiger charge is 2.39. The monoisotopic (exact) mass is 450 g/mol. The third-order valence-electron chi connectivity index (χ3n) is 5.08. The molecule has 1 aromatic heterocycles. The number of thiophene rings is 1. The van der Waals surface area contributed by atoms with Crippen molar-refractivity contribution >= 4 is 34.4 Å². The first-order chi connectivity index (χ1) is 15.5. The Bertz CT molecular complexity index is 1170. The minimum Gasteiger partial charge on any atom is -0.497 e. The van der Waals surface area contributed by atoms with Crippen LogP contribution in [0.5, 0.6) is 17.2 Å². The smallest absolute Gasteiger partial charge is 0.278 e. The van der Waals surface area contributed by atoms with Crippen LogP contribution in [0.2, 0.25) is 0 Å². The SMILES string of the molecule is COc1ccc(NC2=C(c3cccs3)C(=O)N(Cc3ccc(OC)c(OC)c3)C2=O)cc1. The summed E-state index contributed by atoms with van der Waals surface area (Å²) < 4.78 is 15.8. The van der Waals surface area contributed by atoms with Crippen LogP contribution >= 0.6 is 11.3 Å². The van der Waals surface area contributed by atoms with E-state index in [4.69, 9.17) is 14.2 Å². The lowest BCUT2D eigenvalue weighted by atomic mass is 10.1. The van der Waals surface area contributed by atoms with E-state index < -0.39 is 0 Å². The Hall–Kier alpha value is -3.78. The zero-order valence-corrected chi connectivity index (χ0v) is 18.7. The van der Waals surface area contributed by atoms with E-state index in [2.05, 4.69) is 5.32 Å². The zero-order chi connectivity index (χ0) is 22.7. The molecule has 0 saturated heterocycles. The summed E-state index contributed by atoms with van der Waals surface area (Å²) in [5.41, 5.74) is 2.05. The first-order valence-electron chi connectivity index (χ1n) is 9.82. The van der Waals surface area contributed by atoms with Gasteiger partial charge in [0.1, 0.15) is 11.4 Å². The van der Waals surface area contributed by atoms with Crippen molar-refractivity contribution in [1.82, 2.24) is 4.90 Å². The molecule has 1 N–H and O–H groups in total. The summed E-state index contributed by atoms with van der Waals surface area (Å²) in [6, 6.07) is 16.2. The standard InChI is InChI=1S/C24H22N2O5S/c1-29-17-9-7-16(8-10-17)25-22-21(20-5-4-12-32-20)23(27)26(24(22)28)14-15-6-11-18(30-2)19(13-15)31-3/h4-13,25H,14H2,1-3H3. The van der Waals surface area contributed by atoms with Crippen LogP contribution in [-0.2, 0) is 16.1 Å². The average molecular weight is 451 g/mol. The summed E-state index contributed by atoms with van der Waals surface area (Å²) in [5, 5.41) is 5.02. The van der Waals surface area contributed by atoms with Gasteiger partial charge in [-0.1, -0.05) is 12.1 Å². The molecule has 1 aliphatic heterocycles. The Morgan fingerprint density at radius 3 is 2.25 bits per heavy atom. The van der Waals surface area contributed by atoms with Gasteiger partial charge in [-0.15, -0.1) is 11.3 Å². The molecule has 2 aromatic carbocycles. The van der Waals surface area contributed by atoms with Gasteiger partial charge in [-0.3, -0.25) is 14.5 Å². The molecule has 0 unspecified atom stereocenters. The van der Waals surface area contributed by atoms with Gasteiger partial charge in [0.25, 0.3) is 11.8 Å². The lowest BCUT2D eigenvalue weighted by Crippen LogP contribution is -2.32. The second-order valence-electron chi connectivity index (χ2n) is 6.97. The fourth-order valence-corrected chi connectivity index (χ4v) is 4.23. The lowest BCUT2D eigenvalue weighted by Gasteiger charge is -2.17. The highest BCUT2D eigenvalue weighted by atomic mass is 32.1. The van der Waals surface area contributed by atoms with Crippen LogP contribution in [0.25, 0.3) is 5.57 Å². The molecule has 0 aliphatic carbocycles. The van der Waals surface area contributed by atoms with Crippen molar-refractivity contribution in [3.05, 3.63) is 76.1 Å². The quantitative estimate of drug-likeness (QED) is 0.519. The number of carbonyl (C=O) groups is 2. The number of nitrogens with zero attached hydrogens (tertiary/aromatic N) is 1. The Labute approximate surface area is 189 Å². The molecule has 0 atom stereocenters. The van der Waals surface area contributed by atoms with Crippen LogP contribution in [0.15, 0.2) is 65.7 Å². The van der Waals surface area contributed by atoms with Gasteiger partial charge in [-0.25, -0.2) is 0 Å². The number of rotatable bonds is 8. The first kappa shape index (κ1) is 21.5. The van der Waals surface area contributed by atoms with Crippen LogP contribution in [0, 0.1) is 0 Å². The van der Waals surface area contributed by atoms with Gasteiger partial charge in [-0.2, -0.15) is 0 Å². The molecular formula is C24H22N2O5S.